The minimum atomic E-state index is -0.641. The van der Waals surface area contributed by atoms with E-state index in [1.54, 1.807) is 36.3 Å². The number of Topliss-reactive ketones (excluding diaryl/α,β-unsaturated/α-hetero) is 1. The summed E-state index contributed by atoms with van der Waals surface area (Å²) in [6, 6.07) is 23.0. The molecule has 1 aliphatic rings. The highest BCUT2D eigenvalue weighted by Gasteiger charge is 2.45. The van der Waals surface area contributed by atoms with E-state index >= 15 is 0 Å². The van der Waals surface area contributed by atoms with Crippen molar-refractivity contribution in [1.29, 1.82) is 0 Å². The highest BCUT2D eigenvalue weighted by atomic mass is 35.5. The number of unbranched alkanes of at least 4 members (excludes halogenated alkanes) is 1. The van der Waals surface area contributed by atoms with Gasteiger partial charge in [0.25, 0.3) is 5.91 Å². The quantitative estimate of drug-likeness (QED) is 0.307. The summed E-state index contributed by atoms with van der Waals surface area (Å²) in [5.41, 5.74) is 2.66. The van der Waals surface area contributed by atoms with Gasteiger partial charge in [0.1, 0.15) is 11.4 Å². The van der Waals surface area contributed by atoms with Gasteiger partial charge in [-0.1, -0.05) is 79.5 Å². The fraction of sp³-hybridized carbons (Fsp3) is 0.214. The molecule has 0 aliphatic carbocycles. The molecule has 0 saturated heterocycles. The van der Waals surface area contributed by atoms with Crippen LogP contribution >= 0.6 is 11.6 Å². The SMILES string of the molecule is CCCCNC1=C(C(=O)c2ccccc2)C(c2ccc(Cl)cc2)N(c2ccccc2OC)C1=O. The zero-order valence-corrected chi connectivity index (χ0v) is 20.0. The molecule has 4 rings (SSSR count). The standard InChI is InChI=1S/C28H27ClN2O3/c1-3-4-18-30-25-24(27(32)20-10-6-5-7-11-20)26(19-14-16-21(29)17-15-19)31(28(25)33)22-12-8-9-13-23(22)34-2/h5-17,26,30H,3-4,18H2,1-2H3. The lowest BCUT2D eigenvalue weighted by atomic mass is 9.92. The fourth-order valence-corrected chi connectivity index (χ4v) is 4.33. The summed E-state index contributed by atoms with van der Waals surface area (Å²) in [6.07, 6.45) is 1.84. The van der Waals surface area contributed by atoms with Crippen molar-refractivity contribution in [2.24, 2.45) is 0 Å². The van der Waals surface area contributed by atoms with Gasteiger partial charge in [0.2, 0.25) is 0 Å². The van der Waals surface area contributed by atoms with Crippen molar-refractivity contribution >= 4 is 29.0 Å². The van der Waals surface area contributed by atoms with Gasteiger partial charge in [-0.25, -0.2) is 0 Å². The number of halogens is 1. The van der Waals surface area contributed by atoms with E-state index in [0.717, 1.165) is 18.4 Å². The molecule has 174 valence electrons. The Morgan fingerprint density at radius 3 is 2.35 bits per heavy atom. The van der Waals surface area contributed by atoms with Crippen molar-refractivity contribution in [3.05, 3.63) is 106 Å². The third-order valence-electron chi connectivity index (χ3n) is 5.88. The first-order valence-electron chi connectivity index (χ1n) is 11.4. The molecule has 0 saturated carbocycles. The van der Waals surface area contributed by atoms with E-state index in [1.165, 1.54) is 0 Å². The minimum Gasteiger partial charge on any atom is -0.495 e. The van der Waals surface area contributed by atoms with Gasteiger partial charge in [0, 0.05) is 17.1 Å². The highest BCUT2D eigenvalue weighted by Crippen LogP contribution is 2.44. The zero-order chi connectivity index (χ0) is 24.1. The second kappa shape index (κ2) is 10.6. The second-order valence-electron chi connectivity index (χ2n) is 8.07. The monoisotopic (exact) mass is 474 g/mol. The first-order chi connectivity index (χ1) is 16.6. The lowest BCUT2D eigenvalue weighted by Crippen LogP contribution is -2.33. The Hall–Kier alpha value is -3.57. The molecule has 34 heavy (non-hydrogen) atoms. The summed E-state index contributed by atoms with van der Waals surface area (Å²) in [6.45, 7) is 2.68. The van der Waals surface area contributed by atoms with E-state index in [2.05, 4.69) is 12.2 Å². The molecular formula is C28H27ClN2O3. The predicted octanol–water partition coefficient (Wildman–Crippen LogP) is 5.96. The number of nitrogens with zero attached hydrogens (tertiary/aromatic N) is 1. The van der Waals surface area contributed by atoms with Crippen LogP contribution in [0.25, 0.3) is 0 Å². The summed E-state index contributed by atoms with van der Waals surface area (Å²) >= 11 is 6.16. The van der Waals surface area contributed by atoms with Crippen LogP contribution in [0.1, 0.15) is 41.7 Å². The molecular weight excluding hydrogens is 448 g/mol. The number of ketones is 1. The van der Waals surface area contributed by atoms with E-state index in [9.17, 15) is 9.59 Å². The second-order valence-corrected chi connectivity index (χ2v) is 8.50. The van der Waals surface area contributed by atoms with Crippen LogP contribution in [0.5, 0.6) is 5.75 Å². The average molecular weight is 475 g/mol. The smallest absolute Gasteiger partial charge is 0.275 e. The third-order valence-corrected chi connectivity index (χ3v) is 6.13. The summed E-state index contributed by atoms with van der Waals surface area (Å²) < 4.78 is 5.58. The maximum Gasteiger partial charge on any atom is 0.275 e. The van der Waals surface area contributed by atoms with Crippen molar-refractivity contribution in [1.82, 2.24) is 5.32 Å². The van der Waals surface area contributed by atoms with Crippen molar-refractivity contribution in [3.8, 4) is 5.75 Å². The number of anilines is 1. The number of hydrogen-bond acceptors (Lipinski definition) is 4. The maximum atomic E-state index is 13.9. The minimum absolute atomic E-state index is 0.190. The molecule has 0 spiro atoms. The van der Waals surface area contributed by atoms with E-state index in [-0.39, 0.29) is 11.7 Å². The lowest BCUT2D eigenvalue weighted by molar-refractivity contribution is -0.115. The molecule has 0 radical (unpaired) electrons. The Labute approximate surface area is 205 Å². The molecule has 0 aromatic heterocycles. The molecule has 3 aromatic rings. The molecule has 1 N–H and O–H groups in total. The van der Waals surface area contributed by atoms with Gasteiger partial charge in [-0.15, -0.1) is 0 Å². The number of carbonyl (C=O) groups is 2. The number of benzene rings is 3. The number of amides is 1. The van der Waals surface area contributed by atoms with Crippen molar-refractivity contribution < 1.29 is 14.3 Å². The first-order valence-corrected chi connectivity index (χ1v) is 11.7. The van der Waals surface area contributed by atoms with Gasteiger partial charge in [0.15, 0.2) is 5.78 Å². The topological polar surface area (TPSA) is 58.6 Å². The van der Waals surface area contributed by atoms with E-state index in [4.69, 9.17) is 16.3 Å². The van der Waals surface area contributed by atoms with Crippen LogP contribution in [0.2, 0.25) is 5.02 Å². The zero-order valence-electron chi connectivity index (χ0n) is 19.3. The van der Waals surface area contributed by atoms with Crippen LogP contribution in [0.15, 0.2) is 90.1 Å². The first kappa shape index (κ1) is 23.6. The molecule has 0 fully saturated rings. The third kappa shape index (κ3) is 4.57. The number of rotatable bonds is 9. The van der Waals surface area contributed by atoms with Gasteiger partial charge in [-0.3, -0.25) is 14.5 Å². The van der Waals surface area contributed by atoms with Gasteiger partial charge in [-0.2, -0.15) is 0 Å². The van der Waals surface area contributed by atoms with Gasteiger partial charge >= 0.3 is 0 Å². The lowest BCUT2D eigenvalue weighted by Gasteiger charge is -2.28. The fourth-order valence-electron chi connectivity index (χ4n) is 4.20. The summed E-state index contributed by atoms with van der Waals surface area (Å²) in [5, 5.41) is 3.86. The summed E-state index contributed by atoms with van der Waals surface area (Å²) in [5.74, 6) is 0.0984. The number of methoxy groups -OCH3 is 1. The van der Waals surface area contributed by atoms with Crippen LogP contribution < -0.4 is 15.0 Å². The molecule has 6 heteroatoms. The van der Waals surface area contributed by atoms with Crippen LogP contribution in [0.3, 0.4) is 0 Å². The molecule has 1 amide bonds. The van der Waals surface area contributed by atoms with Crippen LogP contribution in [-0.2, 0) is 4.79 Å². The van der Waals surface area contributed by atoms with Gasteiger partial charge < -0.3 is 10.1 Å². The van der Waals surface area contributed by atoms with Crippen molar-refractivity contribution in [2.45, 2.75) is 25.8 Å². The van der Waals surface area contributed by atoms with Crippen LogP contribution in [0.4, 0.5) is 5.69 Å². The van der Waals surface area contributed by atoms with Crippen molar-refractivity contribution in [2.75, 3.05) is 18.6 Å². The Morgan fingerprint density at radius 1 is 1.00 bits per heavy atom. The Balaban J connectivity index is 1.93. The summed E-state index contributed by atoms with van der Waals surface area (Å²) in [4.78, 5) is 29.5. The van der Waals surface area contributed by atoms with E-state index in [0.29, 0.717) is 39.8 Å². The van der Waals surface area contributed by atoms with Gasteiger partial charge in [0.05, 0.1) is 24.4 Å². The van der Waals surface area contributed by atoms with Crippen molar-refractivity contribution in [3.63, 3.8) is 0 Å². The largest absolute Gasteiger partial charge is 0.495 e. The number of hydrogen-bond donors (Lipinski definition) is 1. The normalized spacial score (nSPS) is 15.6. The predicted molar refractivity (Wildman–Crippen MR) is 135 cm³/mol. The Kier molecular flexibility index (Phi) is 7.33. The molecule has 1 unspecified atom stereocenters. The number of carbonyl (C=O) groups excluding carboxylic acids is 2. The van der Waals surface area contributed by atoms with E-state index < -0.39 is 6.04 Å². The number of nitrogens with one attached hydrogen (secondary N) is 1. The molecule has 1 aliphatic heterocycles. The molecule has 0 bridgehead atoms. The highest BCUT2D eigenvalue weighted by molar-refractivity contribution is 6.30. The van der Waals surface area contributed by atoms with Gasteiger partial charge in [-0.05, 0) is 36.2 Å². The molecule has 5 nitrogen and oxygen atoms in total. The van der Waals surface area contributed by atoms with Crippen LogP contribution in [-0.4, -0.2) is 25.3 Å². The Bertz CT molecular complexity index is 1210. The maximum absolute atomic E-state index is 13.9. The van der Waals surface area contributed by atoms with Crippen LogP contribution in [0, 0.1) is 0 Å². The molecule has 3 aromatic carbocycles. The summed E-state index contributed by atoms with van der Waals surface area (Å²) in [7, 11) is 1.57. The average Bonchev–Trinajstić information content (AvgIpc) is 3.16. The molecule has 1 heterocycles. The Morgan fingerprint density at radius 2 is 1.68 bits per heavy atom. The number of para-hydroxylation sites is 2. The van der Waals surface area contributed by atoms with E-state index in [1.807, 2.05) is 54.6 Å². The number of ether oxygens (including phenoxy) is 1. The molecule has 1 atom stereocenters.